The van der Waals surface area contributed by atoms with Gasteiger partial charge in [0.05, 0.1) is 0 Å². The SMILES string of the molecule is C[C@H](C1C2CCCC1CC2)[C@H](C1CC2CCC(C2)C1)[C@H](C1C2CC1CN(C)C2)[C@H](C1CC2CC(C1)N2C)[C@@H](C)C12CCC(CC1)CC2. The molecule has 0 amide bonds. The minimum Gasteiger partial charge on any atom is -0.306 e. The zero-order valence-electron chi connectivity index (χ0n) is 31.3. The molecule has 9 saturated carbocycles. The first-order chi connectivity index (χ1) is 22.8. The van der Waals surface area contributed by atoms with Gasteiger partial charge in [-0.3, -0.25) is 0 Å². The number of fused-ring (bicyclic) bond motifs is 11. The molecule has 2 nitrogen and oxygen atoms in total. The van der Waals surface area contributed by atoms with Crippen molar-refractivity contribution in [3.63, 3.8) is 0 Å². The van der Waals surface area contributed by atoms with Crippen LogP contribution in [0, 0.1) is 100 Å². The quantitative estimate of drug-likeness (QED) is 0.247. The van der Waals surface area contributed by atoms with Crippen LogP contribution in [0.2, 0.25) is 0 Å². The summed E-state index contributed by atoms with van der Waals surface area (Å²) in [7, 11) is 4.98. The molecule has 264 valence electrons. The van der Waals surface area contributed by atoms with Crippen molar-refractivity contribution in [2.75, 3.05) is 27.2 Å². The van der Waals surface area contributed by atoms with Gasteiger partial charge in [0.2, 0.25) is 0 Å². The van der Waals surface area contributed by atoms with E-state index in [4.69, 9.17) is 0 Å². The molecule has 13 atom stereocenters. The highest BCUT2D eigenvalue weighted by molar-refractivity contribution is 5.11. The van der Waals surface area contributed by atoms with Gasteiger partial charge in [-0.1, -0.05) is 46.0 Å². The van der Waals surface area contributed by atoms with Gasteiger partial charge in [0.15, 0.2) is 0 Å². The highest BCUT2D eigenvalue weighted by Gasteiger charge is 2.62. The molecular formula is C45H74N2. The average Bonchev–Trinajstić information content (AvgIpc) is 3.57. The van der Waals surface area contributed by atoms with Crippen LogP contribution in [0.1, 0.15) is 142 Å². The molecular weight excluding hydrogens is 569 g/mol. The van der Waals surface area contributed by atoms with Crippen molar-refractivity contribution in [3.8, 4) is 0 Å². The summed E-state index contributed by atoms with van der Waals surface area (Å²) < 4.78 is 0. The lowest BCUT2D eigenvalue weighted by atomic mass is 9.42. The number of rotatable bonds is 9. The Hall–Kier alpha value is -0.0800. The maximum atomic E-state index is 2.95. The molecule has 0 spiro atoms. The van der Waals surface area contributed by atoms with Crippen LogP contribution in [0.3, 0.4) is 0 Å². The minimum absolute atomic E-state index is 0.685. The summed E-state index contributed by atoms with van der Waals surface area (Å²) in [5.74, 6) is 16.6. The minimum atomic E-state index is 0.685. The largest absolute Gasteiger partial charge is 0.306 e. The molecule has 2 heteroatoms. The molecule has 12 fully saturated rings. The second-order valence-electron chi connectivity index (χ2n) is 21.6. The monoisotopic (exact) mass is 643 g/mol. The first-order valence-corrected chi connectivity index (χ1v) is 22.3. The Balaban J connectivity index is 1.10. The van der Waals surface area contributed by atoms with E-state index in [1.165, 1.54) is 19.5 Å². The first kappa shape index (κ1) is 31.6. The molecule has 3 heterocycles. The van der Waals surface area contributed by atoms with Crippen molar-refractivity contribution in [1.29, 1.82) is 0 Å². The van der Waals surface area contributed by atoms with E-state index in [1.807, 2.05) is 0 Å². The topological polar surface area (TPSA) is 6.48 Å². The molecule has 9 aliphatic carbocycles. The molecule has 0 aromatic rings. The van der Waals surface area contributed by atoms with Crippen LogP contribution in [-0.4, -0.2) is 49.1 Å². The molecule has 47 heavy (non-hydrogen) atoms. The Morgan fingerprint density at radius 1 is 0.511 bits per heavy atom. The molecule has 0 aromatic carbocycles. The third-order valence-corrected chi connectivity index (χ3v) is 20.0. The van der Waals surface area contributed by atoms with Crippen LogP contribution < -0.4 is 0 Å². The van der Waals surface area contributed by atoms with Gasteiger partial charge >= 0.3 is 0 Å². The van der Waals surface area contributed by atoms with Crippen LogP contribution in [0.4, 0.5) is 0 Å². The van der Waals surface area contributed by atoms with Gasteiger partial charge < -0.3 is 9.80 Å². The Labute approximate surface area is 290 Å². The molecule has 12 rings (SSSR count). The molecule has 3 aliphatic heterocycles. The molecule has 0 aromatic heterocycles. The average molecular weight is 643 g/mol. The van der Waals surface area contributed by atoms with Gasteiger partial charge in [-0.15, -0.1) is 0 Å². The first-order valence-electron chi connectivity index (χ1n) is 22.3. The summed E-state index contributed by atoms with van der Waals surface area (Å²) in [6.45, 7) is 8.75. The van der Waals surface area contributed by atoms with Crippen LogP contribution in [0.5, 0.6) is 0 Å². The number of nitrogens with zero attached hydrogens (tertiary/aromatic N) is 2. The van der Waals surface area contributed by atoms with Gasteiger partial charge in [-0.25, -0.2) is 0 Å². The van der Waals surface area contributed by atoms with Crippen LogP contribution in [0.15, 0.2) is 0 Å². The van der Waals surface area contributed by atoms with Gasteiger partial charge in [-0.05, 0) is 211 Å². The van der Waals surface area contributed by atoms with E-state index < -0.39 is 0 Å². The Morgan fingerprint density at radius 3 is 1.70 bits per heavy atom. The fourth-order valence-corrected chi connectivity index (χ4v) is 18.0. The van der Waals surface area contributed by atoms with Crippen molar-refractivity contribution in [1.82, 2.24) is 9.80 Å². The molecule has 3 saturated heterocycles. The highest BCUT2D eigenvalue weighted by atomic mass is 15.2. The second kappa shape index (κ2) is 12.0. The molecule has 10 bridgehead atoms. The summed E-state index contributed by atoms with van der Waals surface area (Å²) in [5.41, 5.74) is 0.685. The summed E-state index contributed by atoms with van der Waals surface area (Å²) in [6, 6.07) is 1.83. The van der Waals surface area contributed by atoms with Gasteiger partial charge in [0.1, 0.15) is 0 Å². The zero-order chi connectivity index (χ0) is 31.6. The van der Waals surface area contributed by atoms with Gasteiger partial charge in [0, 0.05) is 25.2 Å². The van der Waals surface area contributed by atoms with Crippen molar-refractivity contribution in [2.24, 2.45) is 100 Å². The standard InChI is InChI=1S/C45H74N2/c1-27(40-32-6-5-7-33(40)11-10-32)41(34-19-30-8-9-31(18-30)20-34)44(43-36-21-37(43)26-46(3)25-36)42(35-22-38-24-39(23-35)47(38)4)28(2)45-15-12-29(13-16-45)14-17-45/h27-44H,5-26H2,1-4H3/t27-,28-,29?,30?,31?,32?,33?,34?,35?,36?,37?,38?,39?,40?,41-,42+,43?,44+,45?/m1/s1. The van der Waals surface area contributed by atoms with Crippen molar-refractivity contribution in [3.05, 3.63) is 0 Å². The van der Waals surface area contributed by atoms with E-state index in [-0.39, 0.29) is 0 Å². The van der Waals surface area contributed by atoms with Crippen LogP contribution >= 0.6 is 0 Å². The van der Waals surface area contributed by atoms with E-state index in [0.717, 1.165) is 107 Å². The number of piperidine rings is 3. The summed E-state index contributed by atoms with van der Waals surface area (Å²) in [4.78, 5) is 5.61. The van der Waals surface area contributed by atoms with E-state index in [2.05, 4.69) is 37.7 Å². The van der Waals surface area contributed by atoms with E-state index >= 15 is 0 Å². The summed E-state index contributed by atoms with van der Waals surface area (Å²) >= 11 is 0. The molecule has 12 aliphatic rings. The number of hydrogen-bond donors (Lipinski definition) is 0. The Morgan fingerprint density at radius 2 is 1.11 bits per heavy atom. The predicted octanol–water partition coefficient (Wildman–Crippen LogP) is 10.4. The Kier molecular flexibility index (Phi) is 8.07. The fourth-order valence-electron chi connectivity index (χ4n) is 18.0. The second-order valence-corrected chi connectivity index (χ2v) is 21.6. The predicted molar refractivity (Wildman–Crippen MR) is 195 cm³/mol. The van der Waals surface area contributed by atoms with Crippen molar-refractivity contribution >= 4 is 0 Å². The lowest BCUT2D eigenvalue weighted by molar-refractivity contribution is -0.168. The Bertz CT molecular complexity index is 1070. The van der Waals surface area contributed by atoms with Crippen molar-refractivity contribution in [2.45, 2.75) is 154 Å². The van der Waals surface area contributed by atoms with Crippen molar-refractivity contribution < 1.29 is 0 Å². The third kappa shape index (κ3) is 5.09. The molecule has 0 N–H and O–H groups in total. The van der Waals surface area contributed by atoms with E-state index in [9.17, 15) is 0 Å². The zero-order valence-corrected chi connectivity index (χ0v) is 31.3. The maximum absolute atomic E-state index is 2.95. The van der Waals surface area contributed by atoms with Gasteiger partial charge in [-0.2, -0.15) is 0 Å². The number of likely N-dealkylation sites (tertiary alicyclic amines) is 1. The van der Waals surface area contributed by atoms with Crippen LogP contribution in [-0.2, 0) is 0 Å². The smallest absolute Gasteiger partial charge is 0.0113 e. The van der Waals surface area contributed by atoms with E-state index in [0.29, 0.717) is 5.41 Å². The van der Waals surface area contributed by atoms with Crippen LogP contribution in [0.25, 0.3) is 0 Å². The fraction of sp³-hybridized carbons (Fsp3) is 1.00. The van der Waals surface area contributed by atoms with E-state index in [1.54, 1.807) is 122 Å². The summed E-state index contributed by atoms with van der Waals surface area (Å²) in [6.07, 6.45) is 31.7. The highest BCUT2D eigenvalue weighted by Crippen LogP contribution is 2.67. The lowest BCUT2D eigenvalue weighted by Gasteiger charge is -2.65. The lowest BCUT2D eigenvalue weighted by Crippen LogP contribution is -2.64. The summed E-state index contributed by atoms with van der Waals surface area (Å²) in [5, 5.41) is 0. The molecule has 0 radical (unpaired) electrons. The van der Waals surface area contributed by atoms with Gasteiger partial charge in [0.25, 0.3) is 0 Å². The normalized spacial score (nSPS) is 53.5. The third-order valence-electron chi connectivity index (χ3n) is 20.0. The molecule has 8 unspecified atom stereocenters. The maximum Gasteiger partial charge on any atom is 0.0113 e. The number of hydrogen-bond acceptors (Lipinski definition) is 2.